The third-order valence-electron chi connectivity index (χ3n) is 3.99. The molecule has 5 nitrogen and oxygen atoms in total. The van der Waals surface area contributed by atoms with Gasteiger partial charge >= 0.3 is 0 Å². The molecule has 0 unspecified atom stereocenters. The number of amides is 1. The van der Waals surface area contributed by atoms with Crippen molar-refractivity contribution < 1.29 is 13.2 Å². The molecule has 0 aliphatic rings. The van der Waals surface area contributed by atoms with Gasteiger partial charge in [-0.25, -0.2) is 8.42 Å². The molecular weight excluding hydrogens is 368 g/mol. The number of nitrogens with zero attached hydrogens (tertiary/aromatic N) is 2. The fraction of sp³-hybridized carbons (Fsp3) is 0.263. The summed E-state index contributed by atoms with van der Waals surface area (Å²) >= 11 is 1.33. The number of hydrogen-bond acceptors (Lipinski definition) is 4. The van der Waals surface area contributed by atoms with Gasteiger partial charge in [0.15, 0.2) is 14.6 Å². The minimum atomic E-state index is -3.28. The molecule has 0 aliphatic heterocycles. The summed E-state index contributed by atoms with van der Waals surface area (Å²) in [6, 6.07) is 12.4. The van der Waals surface area contributed by atoms with Crippen molar-refractivity contribution >= 4 is 37.3 Å². The van der Waals surface area contributed by atoms with Crippen molar-refractivity contribution in [3.8, 4) is 0 Å². The van der Waals surface area contributed by atoms with Crippen molar-refractivity contribution in [3.63, 3.8) is 0 Å². The van der Waals surface area contributed by atoms with Crippen LogP contribution >= 0.6 is 11.3 Å². The van der Waals surface area contributed by atoms with Crippen LogP contribution in [0.4, 0.5) is 0 Å². The van der Waals surface area contributed by atoms with E-state index in [1.54, 1.807) is 24.3 Å². The van der Waals surface area contributed by atoms with E-state index in [1.165, 1.54) is 17.6 Å². The van der Waals surface area contributed by atoms with Crippen molar-refractivity contribution in [1.29, 1.82) is 0 Å². The van der Waals surface area contributed by atoms with Crippen LogP contribution in [0.15, 0.2) is 52.4 Å². The third-order valence-corrected chi connectivity index (χ3v) is 6.14. The zero-order chi connectivity index (χ0) is 18.9. The van der Waals surface area contributed by atoms with Crippen molar-refractivity contribution in [3.05, 3.63) is 58.4 Å². The van der Waals surface area contributed by atoms with E-state index in [2.05, 4.69) is 4.99 Å². The van der Waals surface area contributed by atoms with Gasteiger partial charge in [-0.15, -0.1) is 0 Å². The summed E-state index contributed by atoms with van der Waals surface area (Å²) in [4.78, 5) is 17.7. The number of sulfone groups is 1. The van der Waals surface area contributed by atoms with Crippen LogP contribution in [0.5, 0.6) is 0 Å². The highest BCUT2D eigenvalue weighted by Crippen LogP contribution is 2.22. The Hall–Kier alpha value is -2.25. The number of aromatic nitrogens is 1. The fourth-order valence-electron chi connectivity index (χ4n) is 2.74. The molecule has 0 aliphatic carbocycles. The monoisotopic (exact) mass is 388 g/mol. The Bertz CT molecular complexity index is 1150. The van der Waals surface area contributed by atoms with E-state index in [0.29, 0.717) is 16.9 Å². The number of carbonyl (C=O) groups excluding carboxylic acids is 1. The number of carbonyl (C=O) groups is 1. The van der Waals surface area contributed by atoms with Gasteiger partial charge in [0.25, 0.3) is 5.91 Å². The fourth-order valence-corrected chi connectivity index (χ4v) is 4.55. The Kier molecular flexibility index (Phi) is 5.11. The maximum absolute atomic E-state index is 12.6. The van der Waals surface area contributed by atoms with Gasteiger partial charge in [0, 0.05) is 18.4 Å². The van der Waals surface area contributed by atoms with Crippen LogP contribution < -0.4 is 4.80 Å². The van der Waals surface area contributed by atoms with Gasteiger partial charge in [-0.2, -0.15) is 4.99 Å². The van der Waals surface area contributed by atoms with Gasteiger partial charge in [0.1, 0.15) is 0 Å². The first kappa shape index (κ1) is 18.5. The Balaban J connectivity index is 2.17. The molecule has 0 saturated carbocycles. The highest BCUT2D eigenvalue weighted by atomic mass is 32.2. The van der Waals surface area contributed by atoms with Crippen molar-refractivity contribution in [2.45, 2.75) is 31.7 Å². The van der Waals surface area contributed by atoms with E-state index in [1.807, 2.05) is 36.6 Å². The highest BCUT2D eigenvalue weighted by molar-refractivity contribution is 7.90. The molecule has 2 aromatic carbocycles. The van der Waals surface area contributed by atoms with E-state index in [0.717, 1.165) is 22.2 Å². The molecule has 1 heterocycles. The minimum Gasteiger partial charge on any atom is -0.316 e. The maximum Gasteiger partial charge on any atom is 0.279 e. The lowest BCUT2D eigenvalue weighted by Crippen LogP contribution is -2.16. The van der Waals surface area contributed by atoms with Crippen molar-refractivity contribution in [2.75, 3.05) is 6.26 Å². The molecule has 0 N–H and O–H groups in total. The van der Waals surface area contributed by atoms with Crippen LogP contribution in [0.1, 0.15) is 29.3 Å². The number of fused-ring (bicyclic) bond motifs is 1. The standard InChI is InChI=1S/C19H20N2O3S2/c1-4-10-21-16-9-8-15(26(3,23)24)12-17(16)25-19(21)20-18(22)14-7-5-6-13(2)11-14/h5-9,11-12H,4,10H2,1-3H3. The predicted octanol–water partition coefficient (Wildman–Crippen LogP) is 3.57. The molecular formula is C19H20N2O3S2. The molecule has 136 valence electrons. The molecule has 0 fully saturated rings. The molecule has 0 spiro atoms. The summed E-state index contributed by atoms with van der Waals surface area (Å²) < 4.78 is 26.4. The molecule has 3 rings (SSSR count). The number of aryl methyl sites for hydroxylation is 2. The van der Waals surface area contributed by atoms with Crippen LogP contribution in [0, 0.1) is 6.92 Å². The molecule has 26 heavy (non-hydrogen) atoms. The van der Waals surface area contributed by atoms with Crippen LogP contribution in [-0.4, -0.2) is 25.1 Å². The molecule has 7 heteroatoms. The molecule has 1 aromatic heterocycles. The first-order chi connectivity index (χ1) is 12.3. The zero-order valence-corrected chi connectivity index (χ0v) is 16.5. The van der Waals surface area contributed by atoms with E-state index < -0.39 is 9.84 Å². The van der Waals surface area contributed by atoms with E-state index >= 15 is 0 Å². The minimum absolute atomic E-state index is 0.270. The van der Waals surface area contributed by atoms with Gasteiger partial charge in [0.2, 0.25) is 0 Å². The molecule has 1 amide bonds. The highest BCUT2D eigenvalue weighted by Gasteiger charge is 2.13. The number of rotatable bonds is 4. The largest absolute Gasteiger partial charge is 0.316 e. The lowest BCUT2D eigenvalue weighted by atomic mass is 10.1. The first-order valence-electron chi connectivity index (χ1n) is 8.29. The van der Waals surface area contributed by atoms with Gasteiger partial charge in [-0.05, 0) is 43.7 Å². The van der Waals surface area contributed by atoms with Gasteiger partial charge < -0.3 is 4.57 Å². The number of benzene rings is 2. The second-order valence-electron chi connectivity index (χ2n) is 6.22. The lowest BCUT2D eigenvalue weighted by molar-refractivity contribution is 0.0997. The Morgan fingerprint density at radius 1 is 1.19 bits per heavy atom. The first-order valence-corrected chi connectivity index (χ1v) is 11.0. The quantitative estimate of drug-likeness (QED) is 0.686. The van der Waals surface area contributed by atoms with E-state index in [9.17, 15) is 13.2 Å². The molecule has 0 atom stereocenters. The Labute approximate surface area is 156 Å². The third kappa shape index (κ3) is 3.78. The average molecular weight is 389 g/mol. The number of hydrogen-bond donors (Lipinski definition) is 0. The summed E-state index contributed by atoms with van der Waals surface area (Å²) in [5, 5.41) is 0. The van der Waals surface area contributed by atoms with E-state index in [-0.39, 0.29) is 10.8 Å². The second-order valence-corrected chi connectivity index (χ2v) is 9.25. The molecule has 0 bridgehead atoms. The van der Waals surface area contributed by atoms with Crippen LogP contribution in [-0.2, 0) is 16.4 Å². The zero-order valence-electron chi connectivity index (χ0n) is 14.9. The van der Waals surface area contributed by atoms with Crippen molar-refractivity contribution in [1.82, 2.24) is 4.57 Å². The lowest BCUT2D eigenvalue weighted by Gasteiger charge is -2.03. The van der Waals surface area contributed by atoms with Crippen LogP contribution in [0.2, 0.25) is 0 Å². The summed E-state index contributed by atoms with van der Waals surface area (Å²) in [5.74, 6) is -0.298. The number of thiazole rings is 1. The summed E-state index contributed by atoms with van der Waals surface area (Å²) in [7, 11) is -3.28. The van der Waals surface area contributed by atoms with Gasteiger partial charge in [-0.3, -0.25) is 4.79 Å². The Morgan fingerprint density at radius 3 is 2.62 bits per heavy atom. The van der Waals surface area contributed by atoms with Gasteiger partial charge in [-0.1, -0.05) is 36.0 Å². The average Bonchev–Trinajstić information content (AvgIpc) is 2.91. The predicted molar refractivity (Wildman–Crippen MR) is 104 cm³/mol. The summed E-state index contributed by atoms with van der Waals surface area (Å²) in [6.45, 7) is 4.69. The topological polar surface area (TPSA) is 68.5 Å². The van der Waals surface area contributed by atoms with Gasteiger partial charge in [0.05, 0.1) is 15.1 Å². The smallest absolute Gasteiger partial charge is 0.279 e. The molecule has 3 aromatic rings. The van der Waals surface area contributed by atoms with E-state index in [4.69, 9.17) is 0 Å². The molecule has 0 saturated heterocycles. The molecule has 0 radical (unpaired) electrons. The normalized spacial score (nSPS) is 12.7. The second kappa shape index (κ2) is 7.17. The van der Waals surface area contributed by atoms with Crippen molar-refractivity contribution in [2.24, 2.45) is 4.99 Å². The van der Waals surface area contributed by atoms with Crippen LogP contribution in [0.25, 0.3) is 10.2 Å². The summed E-state index contributed by atoms with van der Waals surface area (Å²) in [5.41, 5.74) is 2.43. The van der Waals surface area contributed by atoms with Crippen LogP contribution in [0.3, 0.4) is 0 Å². The Morgan fingerprint density at radius 2 is 1.96 bits per heavy atom. The summed E-state index contributed by atoms with van der Waals surface area (Å²) in [6.07, 6.45) is 2.07. The maximum atomic E-state index is 12.6. The SMILES string of the molecule is CCCn1c(=NC(=O)c2cccc(C)c2)sc2cc(S(C)(=O)=O)ccc21.